The predicted octanol–water partition coefficient (Wildman–Crippen LogP) is 2.69. The molecule has 0 atom stereocenters. The average molecular weight is 233 g/mol. The first-order valence-electron chi connectivity index (χ1n) is 5.12. The molecule has 17 heavy (non-hydrogen) atoms. The molecule has 0 heterocycles. The van der Waals surface area contributed by atoms with E-state index < -0.39 is 5.82 Å². The van der Waals surface area contributed by atoms with Gasteiger partial charge in [-0.25, -0.2) is 4.39 Å². The van der Waals surface area contributed by atoms with Gasteiger partial charge in [-0.05, 0) is 18.2 Å². The number of benzene rings is 2. The second-order valence-corrected chi connectivity index (χ2v) is 3.55. The molecule has 0 aliphatic rings. The van der Waals surface area contributed by atoms with Crippen LogP contribution >= 0.6 is 0 Å². The van der Waals surface area contributed by atoms with Crippen molar-refractivity contribution < 1.29 is 14.2 Å². The van der Waals surface area contributed by atoms with Gasteiger partial charge in [0.15, 0.2) is 5.75 Å². The largest absolute Gasteiger partial charge is 0.455 e. The molecule has 2 rings (SSSR count). The van der Waals surface area contributed by atoms with Gasteiger partial charge < -0.3 is 15.6 Å². The first-order chi connectivity index (χ1) is 8.20. The number of hydrogen-bond donors (Lipinski definition) is 2. The molecule has 0 aliphatic heterocycles. The van der Waals surface area contributed by atoms with E-state index in [1.807, 2.05) is 0 Å². The van der Waals surface area contributed by atoms with Crippen LogP contribution in [0.1, 0.15) is 5.56 Å². The molecule has 0 unspecified atom stereocenters. The lowest BCUT2D eigenvalue weighted by Crippen LogP contribution is -1.95. The third kappa shape index (κ3) is 2.54. The summed E-state index contributed by atoms with van der Waals surface area (Å²) in [4.78, 5) is 0. The van der Waals surface area contributed by atoms with Crippen molar-refractivity contribution in [2.24, 2.45) is 0 Å². The number of para-hydroxylation sites is 1. The van der Waals surface area contributed by atoms with E-state index in [9.17, 15) is 4.39 Å². The van der Waals surface area contributed by atoms with Gasteiger partial charge in [0.05, 0.1) is 12.3 Å². The fraction of sp³-hybridized carbons (Fsp3) is 0.0769. The van der Waals surface area contributed by atoms with Gasteiger partial charge in [-0.3, -0.25) is 0 Å². The third-order valence-electron chi connectivity index (χ3n) is 2.34. The van der Waals surface area contributed by atoms with E-state index >= 15 is 0 Å². The highest BCUT2D eigenvalue weighted by molar-refractivity contribution is 5.54. The fourth-order valence-electron chi connectivity index (χ4n) is 1.45. The maximum absolute atomic E-state index is 13.0. The predicted molar refractivity (Wildman–Crippen MR) is 63.3 cm³/mol. The van der Waals surface area contributed by atoms with Crippen LogP contribution in [-0.4, -0.2) is 5.11 Å². The van der Waals surface area contributed by atoms with Gasteiger partial charge >= 0.3 is 0 Å². The molecule has 3 N–H and O–H groups in total. The zero-order chi connectivity index (χ0) is 12.3. The second kappa shape index (κ2) is 4.84. The van der Waals surface area contributed by atoms with Crippen LogP contribution < -0.4 is 10.5 Å². The molecule has 0 fully saturated rings. The van der Waals surface area contributed by atoms with E-state index in [2.05, 4.69) is 0 Å². The summed E-state index contributed by atoms with van der Waals surface area (Å²) < 4.78 is 18.5. The molecule has 0 aromatic heterocycles. The third-order valence-corrected chi connectivity index (χ3v) is 2.34. The number of rotatable bonds is 3. The zero-order valence-corrected chi connectivity index (χ0v) is 9.06. The van der Waals surface area contributed by atoms with Crippen molar-refractivity contribution in [1.82, 2.24) is 0 Å². The van der Waals surface area contributed by atoms with E-state index in [0.29, 0.717) is 17.0 Å². The minimum absolute atomic E-state index is 0.147. The maximum atomic E-state index is 13.0. The number of halogens is 1. The molecule has 0 amide bonds. The topological polar surface area (TPSA) is 55.5 Å². The first kappa shape index (κ1) is 11.4. The lowest BCUT2D eigenvalue weighted by molar-refractivity contribution is 0.276. The Morgan fingerprint density at radius 1 is 1.12 bits per heavy atom. The summed E-state index contributed by atoms with van der Waals surface area (Å²) in [5, 5.41) is 9.14. The molecule has 0 saturated heterocycles. The number of ether oxygens (including phenoxy) is 1. The maximum Gasteiger partial charge on any atom is 0.153 e. The summed E-state index contributed by atoms with van der Waals surface area (Å²) in [7, 11) is 0. The highest BCUT2D eigenvalue weighted by Gasteiger charge is 2.07. The molecule has 2 aromatic carbocycles. The molecule has 3 nitrogen and oxygen atoms in total. The number of aliphatic hydroxyl groups is 1. The molecule has 4 heteroatoms. The summed E-state index contributed by atoms with van der Waals surface area (Å²) >= 11 is 0. The molecule has 2 aromatic rings. The van der Waals surface area contributed by atoms with Crippen molar-refractivity contribution >= 4 is 5.69 Å². The average Bonchev–Trinajstić information content (AvgIpc) is 2.34. The van der Waals surface area contributed by atoms with Crippen LogP contribution in [0.4, 0.5) is 10.1 Å². The number of anilines is 1. The smallest absolute Gasteiger partial charge is 0.153 e. The van der Waals surface area contributed by atoms with Crippen LogP contribution in [0.25, 0.3) is 0 Å². The lowest BCUT2D eigenvalue weighted by atomic mass is 10.2. The van der Waals surface area contributed by atoms with E-state index in [4.69, 9.17) is 15.6 Å². The number of nitrogens with two attached hydrogens (primary N) is 1. The Kier molecular flexibility index (Phi) is 3.25. The molecule has 0 spiro atoms. The van der Waals surface area contributed by atoms with Gasteiger partial charge in [-0.15, -0.1) is 0 Å². The van der Waals surface area contributed by atoms with Gasteiger partial charge in [-0.2, -0.15) is 0 Å². The summed E-state index contributed by atoms with van der Waals surface area (Å²) in [5.41, 5.74) is 6.64. The number of nitrogen functional groups attached to an aromatic ring is 1. The normalized spacial score (nSPS) is 10.2. The molecule has 0 aliphatic carbocycles. The number of hydrogen-bond acceptors (Lipinski definition) is 3. The van der Waals surface area contributed by atoms with Crippen molar-refractivity contribution in [2.45, 2.75) is 6.61 Å². The van der Waals surface area contributed by atoms with Crippen LogP contribution in [0.2, 0.25) is 0 Å². The van der Waals surface area contributed by atoms with Crippen LogP contribution in [0.15, 0.2) is 42.5 Å². The SMILES string of the molecule is Nc1ccc(F)cc1Oc1ccccc1CO. The van der Waals surface area contributed by atoms with Gasteiger partial charge in [0.1, 0.15) is 11.6 Å². The quantitative estimate of drug-likeness (QED) is 0.801. The van der Waals surface area contributed by atoms with E-state index in [1.54, 1.807) is 24.3 Å². The van der Waals surface area contributed by atoms with Gasteiger partial charge in [0.2, 0.25) is 0 Å². The summed E-state index contributed by atoms with van der Waals surface area (Å²) in [6, 6.07) is 10.9. The van der Waals surface area contributed by atoms with Gasteiger partial charge in [0.25, 0.3) is 0 Å². The van der Waals surface area contributed by atoms with Crippen molar-refractivity contribution in [2.75, 3.05) is 5.73 Å². The molecular formula is C13H12FNO2. The van der Waals surface area contributed by atoms with Crippen LogP contribution in [0.5, 0.6) is 11.5 Å². The van der Waals surface area contributed by atoms with Crippen molar-refractivity contribution in [3.05, 3.63) is 53.8 Å². The molecule has 0 radical (unpaired) electrons. The second-order valence-electron chi connectivity index (χ2n) is 3.55. The zero-order valence-electron chi connectivity index (χ0n) is 9.06. The Hall–Kier alpha value is -2.07. The van der Waals surface area contributed by atoms with Crippen LogP contribution in [0.3, 0.4) is 0 Å². The Bertz CT molecular complexity index is 529. The highest BCUT2D eigenvalue weighted by Crippen LogP contribution is 2.30. The van der Waals surface area contributed by atoms with Crippen molar-refractivity contribution in [1.29, 1.82) is 0 Å². The minimum Gasteiger partial charge on any atom is -0.455 e. The fourth-order valence-corrected chi connectivity index (χ4v) is 1.45. The van der Waals surface area contributed by atoms with E-state index in [0.717, 1.165) is 0 Å². The minimum atomic E-state index is -0.421. The Balaban J connectivity index is 2.34. The summed E-state index contributed by atoms with van der Waals surface area (Å²) in [5.74, 6) is 0.286. The highest BCUT2D eigenvalue weighted by atomic mass is 19.1. The van der Waals surface area contributed by atoms with E-state index in [-0.39, 0.29) is 12.4 Å². The Labute approximate surface area is 98.3 Å². The van der Waals surface area contributed by atoms with Crippen molar-refractivity contribution in [3.8, 4) is 11.5 Å². The van der Waals surface area contributed by atoms with E-state index in [1.165, 1.54) is 18.2 Å². The van der Waals surface area contributed by atoms with Crippen LogP contribution in [0, 0.1) is 5.82 Å². The summed E-state index contributed by atoms with van der Waals surface area (Å²) in [6.45, 7) is -0.147. The Morgan fingerprint density at radius 2 is 1.88 bits per heavy atom. The molecule has 0 bridgehead atoms. The molecular weight excluding hydrogens is 221 g/mol. The molecule has 88 valence electrons. The standard InChI is InChI=1S/C13H12FNO2/c14-10-5-6-11(15)13(7-10)17-12-4-2-1-3-9(12)8-16/h1-7,16H,8,15H2. The van der Waals surface area contributed by atoms with Gasteiger partial charge in [-0.1, -0.05) is 18.2 Å². The Morgan fingerprint density at radius 3 is 2.65 bits per heavy atom. The van der Waals surface area contributed by atoms with Crippen molar-refractivity contribution in [3.63, 3.8) is 0 Å². The number of aliphatic hydroxyl groups excluding tert-OH is 1. The first-order valence-corrected chi connectivity index (χ1v) is 5.12. The summed E-state index contributed by atoms with van der Waals surface area (Å²) in [6.07, 6.45) is 0. The lowest BCUT2D eigenvalue weighted by Gasteiger charge is -2.11. The molecule has 0 saturated carbocycles. The van der Waals surface area contributed by atoms with Gasteiger partial charge in [0, 0.05) is 11.6 Å². The monoisotopic (exact) mass is 233 g/mol. The van der Waals surface area contributed by atoms with Crippen LogP contribution in [-0.2, 0) is 6.61 Å².